The van der Waals surface area contributed by atoms with Gasteiger partial charge in [-0.2, -0.15) is 0 Å². The van der Waals surface area contributed by atoms with Crippen molar-refractivity contribution in [1.82, 2.24) is 15.5 Å². The van der Waals surface area contributed by atoms with Crippen LogP contribution in [0.1, 0.15) is 37.3 Å². The molecular formula is C24H29N3O4. The van der Waals surface area contributed by atoms with E-state index in [-0.39, 0.29) is 36.6 Å². The summed E-state index contributed by atoms with van der Waals surface area (Å²) in [5.41, 5.74) is 2.10. The summed E-state index contributed by atoms with van der Waals surface area (Å²) in [6, 6.07) is 15.7. The normalized spacial score (nSPS) is 19.9. The maximum absolute atomic E-state index is 13.0. The summed E-state index contributed by atoms with van der Waals surface area (Å²) in [4.78, 5) is 27.5. The van der Waals surface area contributed by atoms with Gasteiger partial charge in [0.15, 0.2) is 11.5 Å². The monoisotopic (exact) mass is 423 g/mol. The number of nitrogens with zero attached hydrogens (tertiary/aromatic N) is 1. The number of amides is 3. The fraction of sp³-hybridized carbons (Fsp3) is 0.417. The zero-order valence-corrected chi connectivity index (χ0v) is 18.0. The lowest BCUT2D eigenvalue weighted by atomic mass is 9.84. The van der Waals surface area contributed by atoms with Crippen molar-refractivity contribution < 1.29 is 19.1 Å². The van der Waals surface area contributed by atoms with Crippen molar-refractivity contribution in [3.63, 3.8) is 0 Å². The van der Waals surface area contributed by atoms with Gasteiger partial charge in [0.2, 0.25) is 12.7 Å². The molecule has 2 aromatic rings. The van der Waals surface area contributed by atoms with E-state index in [9.17, 15) is 9.59 Å². The number of urea groups is 1. The van der Waals surface area contributed by atoms with E-state index >= 15 is 0 Å². The van der Waals surface area contributed by atoms with Gasteiger partial charge in [-0.05, 0) is 43.5 Å². The number of hydrogen-bond donors (Lipinski definition) is 2. The minimum Gasteiger partial charge on any atom is -0.454 e. The number of rotatable bonds is 5. The summed E-state index contributed by atoms with van der Waals surface area (Å²) in [6.07, 6.45) is 0.711. The van der Waals surface area contributed by atoms with Crippen LogP contribution in [0, 0.1) is 5.92 Å². The standard InChI is InChI=1S/C24H29N3O4/c1-16(2)26-24(29)27-13-19(18-6-4-3-5-7-18)11-20(14-27)23(28)25-12-17-8-9-21-22(10-17)31-15-30-21/h3-10,16,19-20H,11-15H2,1-2H3,(H,25,28)(H,26,29). The molecule has 164 valence electrons. The zero-order chi connectivity index (χ0) is 21.8. The van der Waals surface area contributed by atoms with Gasteiger partial charge < -0.3 is 25.0 Å². The van der Waals surface area contributed by atoms with Gasteiger partial charge in [0, 0.05) is 31.6 Å². The molecule has 4 rings (SSSR count). The topological polar surface area (TPSA) is 79.9 Å². The molecule has 1 fully saturated rings. The molecule has 0 saturated carbocycles. The lowest BCUT2D eigenvalue weighted by Crippen LogP contribution is -2.52. The van der Waals surface area contributed by atoms with Crippen LogP contribution in [0.4, 0.5) is 4.79 Å². The minimum atomic E-state index is -0.272. The number of fused-ring (bicyclic) bond motifs is 1. The third kappa shape index (κ3) is 5.10. The Morgan fingerprint density at radius 2 is 1.84 bits per heavy atom. The van der Waals surface area contributed by atoms with E-state index in [0.717, 1.165) is 16.9 Å². The van der Waals surface area contributed by atoms with E-state index in [4.69, 9.17) is 9.47 Å². The van der Waals surface area contributed by atoms with Gasteiger partial charge in [0.05, 0.1) is 5.92 Å². The SMILES string of the molecule is CC(C)NC(=O)N1CC(C(=O)NCc2ccc3c(c2)OCO3)CC(c2ccccc2)C1. The first-order valence-electron chi connectivity index (χ1n) is 10.8. The van der Waals surface area contributed by atoms with Crippen LogP contribution in [0.3, 0.4) is 0 Å². The summed E-state index contributed by atoms with van der Waals surface area (Å²) in [7, 11) is 0. The Hall–Kier alpha value is -3.22. The second kappa shape index (κ2) is 9.29. The number of piperidine rings is 1. The van der Waals surface area contributed by atoms with Crippen LogP contribution in [-0.2, 0) is 11.3 Å². The molecule has 0 bridgehead atoms. The molecule has 2 N–H and O–H groups in total. The highest BCUT2D eigenvalue weighted by Gasteiger charge is 2.34. The quantitative estimate of drug-likeness (QED) is 0.774. The number of carbonyl (C=O) groups excluding carboxylic acids is 2. The molecule has 1 saturated heterocycles. The van der Waals surface area contributed by atoms with Crippen molar-refractivity contribution in [2.24, 2.45) is 5.92 Å². The molecule has 2 aromatic carbocycles. The van der Waals surface area contributed by atoms with Crippen LogP contribution in [0.25, 0.3) is 0 Å². The van der Waals surface area contributed by atoms with Gasteiger partial charge in [-0.25, -0.2) is 4.79 Å². The fourth-order valence-corrected chi connectivity index (χ4v) is 4.14. The van der Waals surface area contributed by atoms with Gasteiger partial charge in [0.25, 0.3) is 0 Å². The molecule has 0 aliphatic carbocycles. The number of likely N-dealkylation sites (tertiary alicyclic amines) is 1. The van der Waals surface area contributed by atoms with Crippen LogP contribution in [-0.4, -0.2) is 42.8 Å². The third-order valence-corrected chi connectivity index (χ3v) is 5.70. The van der Waals surface area contributed by atoms with E-state index in [1.165, 1.54) is 0 Å². The van der Waals surface area contributed by atoms with E-state index in [0.29, 0.717) is 31.8 Å². The van der Waals surface area contributed by atoms with E-state index in [1.54, 1.807) is 4.90 Å². The number of nitrogens with one attached hydrogen (secondary N) is 2. The average Bonchev–Trinajstić information content (AvgIpc) is 3.25. The maximum Gasteiger partial charge on any atom is 0.317 e. The molecule has 0 aromatic heterocycles. The Kier molecular flexibility index (Phi) is 6.30. The molecular weight excluding hydrogens is 394 g/mol. The molecule has 7 nitrogen and oxygen atoms in total. The Morgan fingerprint density at radius 3 is 2.61 bits per heavy atom. The lowest BCUT2D eigenvalue weighted by molar-refractivity contribution is -0.126. The second-order valence-corrected chi connectivity index (χ2v) is 8.45. The summed E-state index contributed by atoms with van der Waals surface area (Å²) in [5.74, 6) is 1.23. The van der Waals surface area contributed by atoms with Gasteiger partial charge in [0.1, 0.15) is 0 Å². The van der Waals surface area contributed by atoms with Gasteiger partial charge in [-0.1, -0.05) is 36.4 Å². The van der Waals surface area contributed by atoms with Gasteiger partial charge in [-0.15, -0.1) is 0 Å². The Morgan fingerprint density at radius 1 is 1.06 bits per heavy atom. The van der Waals surface area contributed by atoms with Crippen LogP contribution in [0.2, 0.25) is 0 Å². The highest BCUT2D eigenvalue weighted by Crippen LogP contribution is 2.33. The van der Waals surface area contributed by atoms with Crippen molar-refractivity contribution in [3.05, 3.63) is 59.7 Å². The van der Waals surface area contributed by atoms with Crippen molar-refractivity contribution in [2.45, 2.75) is 38.8 Å². The van der Waals surface area contributed by atoms with Crippen LogP contribution < -0.4 is 20.1 Å². The number of hydrogen-bond acceptors (Lipinski definition) is 4. The van der Waals surface area contributed by atoms with Crippen LogP contribution in [0.15, 0.2) is 48.5 Å². The zero-order valence-electron chi connectivity index (χ0n) is 18.0. The predicted octanol–water partition coefficient (Wildman–Crippen LogP) is 3.26. The van der Waals surface area contributed by atoms with Crippen molar-refractivity contribution in [3.8, 4) is 11.5 Å². The molecule has 31 heavy (non-hydrogen) atoms. The predicted molar refractivity (Wildman–Crippen MR) is 117 cm³/mol. The number of benzene rings is 2. The Labute approximate surface area is 182 Å². The summed E-state index contributed by atoms with van der Waals surface area (Å²) in [5, 5.41) is 5.99. The largest absolute Gasteiger partial charge is 0.454 e. The Balaban J connectivity index is 1.44. The fourth-order valence-electron chi connectivity index (χ4n) is 4.14. The first kappa shape index (κ1) is 21.0. The highest BCUT2D eigenvalue weighted by molar-refractivity contribution is 5.81. The van der Waals surface area contributed by atoms with E-state index < -0.39 is 0 Å². The average molecular weight is 424 g/mol. The van der Waals surface area contributed by atoms with Crippen molar-refractivity contribution in [2.75, 3.05) is 19.9 Å². The maximum atomic E-state index is 13.0. The molecule has 2 atom stereocenters. The summed E-state index contributed by atoms with van der Waals surface area (Å²) in [6.45, 7) is 5.52. The molecule has 2 aliphatic heterocycles. The molecule has 2 unspecified atom stereocenters. The number of carbonyl (C=O) groups is 2. The smallest absolute Gasteiger partial charge is 0.317 e. The highest BCUT2D eigenvalue weighted by atomic mass is 16.7. The van der Waals surface area contributed by atoms with Crippen molar-refractivity contribution in [1.29, 1.82) is 0 Å². The van der Waals surface area contributed by atoms with E-state index in [1.807, 2.05) is 50.2 Å². The van der Waals surface area contributed by atoms with Gasteiger partial charge in [-0.3, -0.25) is 4.79 Å². The second-order valence-electron chi connectivity index (χ2n) is 8.45. The van der Waals surface area contributed by atoms with E-state index in [2.05, 4.69) is 22.8 Å². The van der Waals surface area contributed by atoms with Crippen LogP contribution in [0.5, 0.6) is 11.5 Å². The van der Waals surface area contributed by atoms with Crippen LogP contribution >= 0.6 is 0 Å². The molecule has 0 spiro atoms. The first-order valence-corrected chi connectivity index (χ1v) is 10.8. The molecule has 3 amide bonds. The molecule has 0 radical (unpaired) electrons. The molecule has 7 heteroatoms. The summed E-state index contributed by atoms with van der Waals surface area (Å²) < 4.78 is 10.7. The molecule has 2 aliphatic rings. The molecule has 2 heterocycles. The summed E-state index contributed by atoms with van der Waals surface area (Å²) >= 11 is 0. The Bertz CT molecular complexity index is 932. The number of ether oxygens (including phenoxy) is 2. The first-order chi connectivity index (χ1) is 15.0. The lowest BCUT2D eigenvalue weighted by Gasteiger charge is -2.37. The van der Waals surface area contributed by atoms with Crippen molar-refractivity contribution >= 4 is 11.9 Å². The third-order valence-electron chi connectivity index (χ3n) is 5.70. The van der Waals surface area contributed by atoms with Gasteiger partial charge >= 0.3 is 6.03 Å². The minimum absolute atomic E-state index is 0.0411.